The Kier molecular flexibility index (Phi) is 4.18. The maximum Gasteiger partial charge on any atom is 0.259 e. The molecule has 2 heterocycles. The van der Waals surface area contributed by atoms with Crippen LogP contribution in [-0.4, -0.2) is 9.97 Å². The highest BCUT2D eigenvalue weighted by Gasteiger charge is 2.34. The summed E-state index contributed by atoms with van der Waals surface area (Å²) in [7, 11) is 0. The molecule has 1 aliphatic rings. The van der Waals surface area contributed by atoms with E-state index < -0.39 is 0 Å². The van der Waals surface area contributed by atoms with E-state index in [1.54, 1.807) is 0 Å². The van der Waals surface area contributed by atoms with Crippen molar-refractivity contribution >= 4 is 10.8 Å². The number of nitrogens with one attached hydrogen (secondary N) is 1. The fraction of sp³-hybridized carbons (Fsp3) is 0.0714. The summed E-state index contributed by atoms with van der Waals surface area (Å²) in [4.78, 5) is 21.2. The first kappa shape index (κ1) is 18.6. The normalized spacial score (nSPS) is 14.5. The second-order valence-electron chi connectivity index (χ2n) is 8.14. The molecule has 0 saturated heterocycles. The average Bonchev–Trinajstić information content (AvgIpc) is 2.83. The zero-order chi connectivity index (χ0) is 21.7. The molecule has 154 valence electrons. The molecule has 32 heavy (non-hydrogen) atoms. The molecule has 0 saturated carbocycles. The molecule has 0 amide bonds. The van der Waals surface area contributed by atoms with Gasteiger partial charge in [0.1, 0.15) is 11.6 Å². The summed E-state index contributed by atoms with van der Waals surface area (Å²) in [5.74, 6) is 1.32. The molecule has 0 fully saturated rings. The van der Waals surface area contributed by atoms with Gasteiger partial charge in [-0.15, -0.1) is 0 Å². The van der Waals surface area contributed by atoms with E-state index in [1.165, 1.54) is 5.56 Å². The van der Waals surface area contributed by atoms with Crippen LogP contribution in [0.25, 0.3) is 22.2 Å². The van der Waals surface area contributed by atoms with Crippen molar-refractivity contribution in [2.24, 2.45) is 0 Å². The molecule has 4 heteroatoms. The minimum atomic E-state index is -0.276. The quantitative estimate of drug-likeness (QED) is 0.366. The van der Waals surface area contributed by atoms with E-state index in [0.717, 1.165) is 33.2 Å². The van der Waals surface area contributed by atoms with Crippen molar-refractivity contribution < 1.29 is 4.74 Å². The van der Waals surface area contributed by atoms with E-state index in [2.05, 4.69) is 54.4 Å². The first-order valence-electron chi connectivity index (χ1n) is 10.6. The first-order chi connectivity index (χ1) is 15.7. The van der Waals surface area contributed by atoms with Gasteiger partial charge in [-0.2, -0.15) is 4.98 Å². The van der Waals surface area contributed by atoms with Crippen LogP contribution in [0.2, 0.25) is 0 Å². The van der Waals surface area contributed by atoms with Gasteiger partial charge >= 0.3 is 0 Å². The summed E-state index contributed by atoms with van der Waals surface area (Å²) in [6.07, 6.45) is 0. The highest BCUT2D eigenvalue weighted by Crippen LogP contribution is 2.48. The Hall–Kier alpha value is -4.18. The molecule has 0 bridgehead atoms. The van der Waals surface area contributed by atoms with Crippen LogP contribution in [0.3, 0.4) is 0 Å². The number of aromatic amines is 1. The molecular weight excluding hydrogens is 396 g/mol. The number of benzene rings is 4. The van der Waals surface area contributed by atoms with Gasteiger partial charge in [0.05, 0.1) is 5.56 Å². The topological polar surface area (TPSA) is 55.0 Å². The molecular formula is C28H20N2O2. The molecule has 1 aromatic heterocycles. The highest BCUT2D eigenvalue weighted by atomic mass is 16.5. The number of aromatic nitrogens is 2. The lowest BCUT2D eigenvalue weighted by molar-refractivity contribution is 0.432. The summed E-state index contributed by atoms with van der Waals surface area (Å²) in [6, 6.07) is 30.2. The largest absolute Gasteiger partial charge is 0.438 e. The van der Waals surface area contributed by atoms with Crippen LogP contribution in [0.15, 0.2) is 95.8 Å². The minimum Gasteiger partial charge on any atom is -0.438 e. The molecule has 4 aromatic carbocycles. The smallest absolute Gasteiger partial charge is 0.259 e. The van der Waals surface area contributed by atoms with Gasteiger partial charge in [0.2, 0.25) is 5.88 Å². The Morgan fingerprint density at radius 1 is 0.812 bits per heavy atom. The fourth-order valence-electron chi connectivity index (χ4n) is 4.53. The molecule has 1 aliphatic heterocycles. The van der Waals surface area contributed by atoms with E-state index in [0.29, 0.717) is 17.3 Å². The predicted molar refractivity (Wildman–Crippen MR) is 126 cm³/mol. The van der Waals surface area contributed by atoms with Crippen LogP contribution in [0.5, 0.6) is 11.6 Å². The molecule has 0 spiro atoms. The van der Waals surface area contributed by atoms with E-state index >= 15 is 0 Å². The van der Waals surface area contributed by atoms with Gasteiger partial charge in [-0.3, -0.25) is 4.79 Å². The lowest BCUT2D eigenvalue weighted by Gasteiger charge is -2.28. The van der Waals surface area contributed by atoms with Crippen LogP contribution < -0.4 is 10.3 Å². The second kappa shape index (κ2) is 7.20. The molecule has 0 unspecified atom stereocenters. The Morgan fingerprint density at radius 2 is 1.56 bits per heavy atom. The van der Waals surface area contributed by atoms with Gasteiger partial charge in [-0.25, -0.2) is 0 Å². The summed E-state index contributed by atoms with van der Waals surface area (Å²) in [6.45, 7) is 2.06. The second-order valence-corrected chi connectivity index (χ2v) is 8.14. The number of hydrogen-bond acceptors (Lipinski definition) is 3. The number of H-pyrrole nitrogens is 1. The van der Waals surface area contributed by atoms with Crippen molar-refractivity contribution in [3.05, 3.63) is 124 Å². The van der Waals surface area contributed by atoms with Crippen molar-refractivity contribution in [1.29, 1.82) is 0 Å². The van der Waals surface area contributed by atoms with Gasteiger partial charge in [0.15, 0.2) is 0 Å². The first-order valence-corrected chi connectivity index (χ1v) is 10.6. The van der Waals surface area contributed by atoms with Crippen molar-refractivity contribution in [3.63, 3.8) is 0 Å². The number of nitrogens with zero attached hydrogens (tertiary/aromatic N) is 1. The Labute approximate surface area is 185 Å². The summed E-state index contributed by atoms with van der Waals surface area (Å²) >= 11 is 0. The third kappa shape index (κ3) is 2.92. The maximum atomic E-state index is 13.5. The van der Waals surface area contributed by atoms with Gasteiger partial charge in [-0.05, 0) is 29.3 Å². The Morgan fingerprint density at radius 3 is 2.38 bits per heavy atom. The minimum absolute atomic E-state index is 0.182. The third-order valence-electron chi connectivity index (χ3n) is 6.09. The third-order valence-corrected chi connectivity index (χ3v) is 6.09. The van der Waals surface area contributed by atoms with Crippen molar-refractivity contribution in [3.8, 4) is 23.0 Å². The van der Waals surface area contributed by atoms with Gasteiger partial charge < -0.3 is 9.72 Å². The SMILES string of the molecule is Cc1ccc([C@H]2c3c(nc(-c4ccccc4)[nH]c3=O)Oc3ccc4ccccc4c32)cc1. The Balaban J connectivity index is 1.65. The maximum absolute atomic E-state index is 13.5. The zero-order valence-corrected chi connectivity index (χ0v) is 17.5. The van der Waals surface area contributed by atoms with Crippen LogP contribution in [0, 0.1) is 6.92 Å². The van der Waals surface area contributed by atoms with Crippen LogP contribution in [-0.2, 0) is 0 Å². The molecule has 6 rings (SSSR count). The Bertz CT molecular complexity index is 1520. The predicted octanol–water partition coefficient (Wildman–Crippen LogP) is 6.18. The number of aryl methyl sites for hydroxylation is 1. The number of fused-ring (bicyclic) bond motifs is 4. The van der Waals surface area contributed by atoms with E-state index in [4.69, 9.17) is 9.72 Å². The van der Waals surface area contributed by atoms with Crippen molar-refractivity contribution in [1.82, 2.24) is 9.97 Å². The van der Waals surface area contributed by atoms with E-state index in [1.807, 2.05) is 48.5 Å². The number of rotatable bonds is 2. The molecule has 0 aliphatic carbocycles. The molecule has 1 atom stereocenters. The van der Waals surface area contributed by atoms with Gasteiger partial charge in [0, 0.05) is 17.0 Å². The highest BCUT2D eigenvalue weighted by molar-refractivity contribution is 5.90. The summed E-state index contributed by atoms with van der Waals surface area (Å²) in [5, 5.41) is 2.19. The van der Waals surface area contributed by atoms with Crippen molar-refractivity contribution in [2.45, 2.75) is 12.8 Å². The summed E-state index contributed by atoms with van der Waals surface area (Å²) < 4.78 is 6.27. The van der Waals surface area contributed by atoms with Crippen LogP contribution >= 0.6 is 0 Å². The molecule has 1 N–H and O–H groups in total. The van der Waals surface area contributed by atoms with Crippen LogP contribution in [0.1, 0.15) is 28.2 Å². The number of hydrogen-bond donors (Lipinski definition) is 1. The molecule has 4 nitrogen and oxygen atoms in total. The standard InChI is InChI=1S/C28H20N2O2/c1-17-11-13-19(14-12-17)23-24-21-10-6-5-7-18(21)15-16-22(24)32-28-25(23)27(31)29-26(30-28)20-8-3-2-4-9-20/h2-16,23H,1H3,(H,29,30,31)/t23-/m1/s1. The molecule has 5 aromatic rings. The summed E-state index contributed by atoms with van der Waals surface area (Å²) in [5.41, 5.74) is 4.41. The van der Waals surface area contributed by atoms with E-state index in [9.17, 15) is 4.79 Å². The molecule has 0 radical (unpaired) electrons. The van der Waals surface area contributed by atoms with Crippen LogP contribution in [0.4, 0.5) is 0 Å². The van der Waals surface area contributed by atoms with Crippen molar-refractivity contribution in [2.75, 3.05) is 0 Å². The zero-order valence-electron chi connectivity index (χ0n) is 17.5. The average molecular weight is 416 g/mol. The number of ether oxygens (including phenoxy) is 1. The lowest BCUT2D eigenvalue weighted by Crippen LogP contribution is -2.24. The van der Waals surface area contributed by atoms with Gasteiger partial charge in [0.25, 0.3) is 5.56 Å². The fourth-order valence-corrected chi connectivity index (χ4v) is 4.53. The van der Waals surface area contributed by atoms with E-state index in [-0.39, 0.29) is 11.5 Å². The monoisotopic (exact) mass is 416 g/mol. The van der Waals surface area contributed by atoms with Gasteiger partial charge in [-0.1, -0.05) is 90.5 Å². The lowest BCUT2D eigenvalue weighted by atomic mass is 9.81.